The monoisotopic (exact) mass is 298 g/mol. The molecular formula is C17H34N2S. The van der Waals surface area contributed by atoms with Crippen molar-refractivity contribution in [3.8, 4) is 0 Å². The van der Waals surface area contributed by atoms with E-state index in [1.165, 1.54) is 63.2 Å². The van der Waals surface area contributed by atoms with E-state index in [0.717, 1.165) is 17.9 Å². The first-order valence-corrected chi connectivity index (χ1v) is 9.93. The topological polar surface area (TPSA) is 15.3 Å². The fourth-order valence-corrected chi connectivity index (χ4v) is 4.52. The summed E-state index contributed by atoms with van der Waals surface area (Å²) in [4.78, 5) is 2.83. The normalized spacial score (nSPS) is 30.0. The van der Waals surface area contributed by atoms with Gasteiger partial charge in [-0.05, 0) is 30.4 Å². The van der Waals surface area contributed by atoms with Crippen molar-refractivity contribution >= 4 is 11.8 Å². The number of nitrogens with zero attached hydrogens (tertiary/aromatic N) is 1. The van der Waals surface area contributed by atoms with Gasteiger partial charge >= 0.3 is 0 Å². The lowest BCUT2D eigenvalue weighted by atomic mass is 9.81. The molecular weight excluding hydrogens is 264 g/mol. The van der Waals surface area contributed by atoms with E-state index in [4.69, 9.17) is 0 Å². The van der Waals surface area contributed by atoms with E-state index in [9.17, 15) is 0 Å². The van der Waals surface area contributed by atoms with E-state index in [0.29, 0.717) is 6.04 Å². The minimum Gasteiger partial charge on any atom is -0.311 e. The molecule has 0 aromatic rings. The van der Waals surface area contributed by atoms with Crippen LogP contribution in [0, 0.1) is 11.8 Å². The van der Waals surface area contributed by atoms with Gasteiger partial charge in [0.25, 0.3) is 0 Å². The average molecular weight is 299 g/mol. The Morgan fingerprint density at radius 2 is 1.95 bits per heavy atom. The molecule has 0 aromatic carbocycles. The molecule has 2 atom stereocenters. The molecule has 1 N–H and O–H groups in total. The summed E-state index contributed by atoms with van der Waals surface area (Å²) in [5.74, 6) is 4.28. The van der Waals surface area contributed by atoms with E-state index in [1.807, 2.05) is 0 Å². The van der Waals surface area contributed by atoms with Crippen molar-refractivity contribution in [1.82, 2.24) is 10.2 Å². The maximum atomic E-state index is 3.84. The minimum atomic E-state index is 0.696. The van der Waals surface area contributed by atoms with Crippen molar-refractivity contribution in [2.75, 3.05) is 31.1 Å². The first-order chi connectivity index (χ1) is 9.72. The van der Waals surface area contributed by atoms with Gasteiger partial charge in [-0.15, -0.1) is 0 Å². The van der Waals surface area contributed by atoms with Crippen LogP contribution in [0.1, 0.15) is 52.9 Å². The standard InChI is InChI=1S/C17H34N2S/c1-4-20-11-10-19-13-16(14(2)3)18-12-17(19)15-8-6-5-7-9-15/h14-18H,4-13H2,1-3H3. The fourth-order valence-electron chi connectivity index (χ4n) is 3.87. The van der Waals surface area contributed by atoms with Gasteiger partial charge in [-0.1, -0.05) is 40.0 Å². The summed E-state index contributed by atoms with van der Waals surface area (Å²) < 4.78 is 0. The second kappa shape index (κ2) is 8.65. The molecule has 0 spiro atoms. The van der Waals surface area contributed by atoms with Crippen LogP contribution >= 0.6 is 11.8 Å². The zero-order valence-electron chi connectivity index (χ0n) is 13.7. The van der Waals surface area contributed by atoms with Crippen LogP contribution in [0.3, 0.4) is 0 Å². The number of hydrogen-bond acceptors (Lipinski definition) is 3. The predicted octanol–water partition coefficient (Wildman–Crippen LogP) is 3.62. The SMILES string of the molecule is CCSCCN1CC(C(C)C)NCC1C1CCCCC1. The summed E-state index contributed by atoms with van der Waals surface area (Å²) in [5.41, 5.74) is 0. The van der Waals surface area contributed by atoms with Gasteiger partial charge < -0.3 is 5.32 Å². The van der Waals surface area contributed by atoms with Crippen molar-refractivity contribution in [2.24, 2.45) is 11.8 Å². The zero-order chi connectivity index (χ0) is 14.4. The molecule has 1 saturated heterocycles. The predicted molar refractivity (Wildman–Crippen MR) is 91.6 cm³/mol. The Balaban J connectivity index is 1.92. The summed E-state index contributed by atoms with van der Waals surface area (Å²) in [6, 6.07) is 1.50. The molecule has 2 nitrogen and oxygen atoms in total. The van der Waals surface area contributed by atoms with Gasteiger partial charge in [-0.3, -0.25) is 4.90 Å². The maximum Gasteiger partial charge on any atom is 0.0249 e. The van der Waals surface area contributed by atoms with Crippen LogP contribution in [0.5, 0.6) is 0 Å². The van der Waals surface area contributed by atoms with E-state index >= 15 is 0 Å². The summed E-state index contributed by atoms with van der Waals surface area (Å²) in [6.45, 7) is 10.8. The highest BCUT2D eigenvalue weighted by Gasteiger charge is 2.34. The van der Waals surface area contributed by atoms with Crippen LogP contribution in [0.2, 0.25) is 0 Å². The number of nitrogens with one attached hydrogen (secondary N) is 1. The van der Waals surface area contributed by atoms with Crippen LogP contribution in [0.15, 0.2) is 0 Å². The number of rotatable bonds is 6. The van der Waals surface area contributed by atoms with Crippen LogP contribution in [-0.4, -0.2) is 48.1 Å². The van der Waals surface area contributed by atoms with Gasteiger partial charge in [0.2, 0.25) is 0 Å². The smallest absolute Gasteiger partial charge is 0.0249 e. The largest absolute Gasteiger partial charge is 0.311 e. The van der Waals surface area contributed by atoms with Crippen LogP contribution < -0.4 is 5.32 Å². The molecule has 0 aromatic heterocycles. The molecule has 2 fully saturated rings. The summed E-state index contributed by atoms with van der Waals surface area (Å²) in [7, 11) is 0. The Kier molecular flexibility index (Phi) is 7.20. The molecule has 3 heteroatoms. The van der Waals surface area contributed by atoms with E-state index < -0.39 is 0 Å². The number of piperazine rings is 1. The molecule has 1 heterocycles. The average Bonchev–Trinajstić information content (AvgIpc) is 2.48. The zero-order valence-corrected chi connectivity index (χ0v) is 14.6. The highest BCUT2D eigenvalue weighted by Crippen LogP contribution is 2.30. The van der Waals surface area contributed by atoms with Crippen LogP contribution in [0.4, 0.5) is 0 Å². The Labute approximate surface area is 130 Å². The van der Waals surface area contributed by atoms with Gasteiger partial charge in [-0.2, -0.15) is 11.8 Å². The number of thioether (sulfide) groups is 1. The van der Waals surface area contributed by atoms with Crippen molar-refractivity contribution in [2.45, 2.75) is 65.0 Å². The highest BCUT2D eigenvalue weighted by atomic mass is 32.2. The molecule has 0 radical (unpaired) electrons. The van der Waals surface area contributed by atoms with Gasteiger partial charge in [0.05, 0.1) is 0 Å². The Morgan fingerprint density at radius 3 is 2.60 bits per heavy atom. The lowest BCUT2D eigenvalue weighted by Gasteiger charge is -2.46. The molecule has 1 aliphatic carbocycles. The molecule has 118 valence electrons. The molecule has 20 heavy (non-hydrogen) atoms. The van der Waals surface area contributed by atoms with Crippen molar-refractivity contribution < 1.29 is 0 Å². The fraction of sp³-hybridized carbons (Fsp3) is 1.00. The quantitative estimate of drug-likeness (QED) is 0.754. The molecule has 0 amide bonds. The summed E-state index contributed by atoms with van der Waals surface area (Å²) >= 11 is 2.10. The second-order valence-electron chi connectivity index (χ2n) is 6.92. The Hall–Kier alpha value is 0.270. The molecule has 2 unspecified atom stereocenters. The first kappa shape index (κ1) is 16.6. The lowest BCUT2D eigenvalue weighted by molar-refractivity contribution is 0.0671. The summed E-state index contributed by atoms with van der Waals surface area (Å²) in [5, 5.41) is 3.84. The minimum absolute atomic E-state index is 0.696. The summed E-state index contributed by atoms with van der Waals surface area (Å²) in [6.07, 6.45) is 7.34. The van der Waals surface area contributed by atoms with Crippen molar-refractivity contribution in [3.05, 3.63) is 0 Å². The van der Waals surface area contributed by atoms with Gasteiger partial charge in [-0.25, -0.2) is 0 Å². The third-order valence-electron chi connectivity index (χ3n) is 5.22. The Bertz CT molecular complexity index is 264. The third kappa shape index (κ3) is 4.64. The number of hydrogen-bond donors (Lipinski definition) is 1. The molecule has 0 bridgehead atoms. The lowest BCUT2D eigenvalue weighted by Crippen LogP contribution is -2.60. The van der Waals surface area contributed by atoms with Gasteiger partial charge in [0.1, 0.15) is 0 Å². The van der Waals surface area contributed by atoms with E-state index in [-0.39, 0.29) is 0 Å². The first-order valence-electron chi connectivity index (χ1n) is 8.77. The Morgan fingerprint density at radius 1 is 1.20 bits per heavy atom. The van der Waals surface area contributed by atoms with Crippen LogP contribution in [-0.2, 0) is 0 Å². The van der Waals surface area contributed by atoms with Crippen molar-refractivity contribution in [1.29, 1.82) is 0 Å². The highest BCUT2D eigenvalue weighted by molar-refractivity contribution is 7.99. The third-order valence-corrected chi connectivity index (χ3v) is 6.09. The molecule has 1 aliphatic heterocycles. The van der Waals surface area contributed by atoms with Crippen molar-refractivity contribution in [3.63, 3.8) is 0 Å². The molecule has 1 saturated carbocycles. The van der Waals surface area contributed by atoms with Gasteiger partial charge in [0, 0.05) is 37.5 Å². The van der Waals surface area contributed by atoms with E-state index in [2.05, 4.69) is 42.7 Å². The maximum absolute atomic E-state index is 3.84. The van der Waals surface area contributed by atoms with E-state index in [1.54, 1.807) is 0 Å². The molecule has 2 aliphatic rings. The van der Waals surface area contributed by atoms with Crippen LogP contribution in [0.25, 0.3) is 0 Å². The molecule has 2 rings (SSSR count). The van der Waals surface area contributed by atoms with Gasteiger partial charge in [0.15, 0.2) is 0 Å². The second-order valence-corrected chi connectivity index (χ2v) is 8.31.